The summed E-state index contributed by atoms with van der Waals surface area (Å²) in [4.78, 5) is 10.3. The molecule has 1 saturated heterocycles. The first kappa shape index (κ1) is 10.3. The van der Waals surface area contributed by atoms with Crippen molar-refractivity contribution in [3.63, 3.8) is 0 Å². The Morgan fingerprint density at radius 1 is 1.38 bits per heavy atom. The lowest BCUT2D eigenvalue weighted by Crippen LogP contribution is -2.28. The van der Waals surface area contributed by atoms with Crippen LogP contribution in [0.25, 0.3) is 0 Å². The summed E-state index contributed by atoms with van der Waals surface area (Å²) in [5, 5.41) is 8.46. The molecule has 13 heavy (non-hydrogen) atoms. The fourth-order valence-corrected chi connectivity index (χ4v) is 1.83. The zero-order valence-corrected chi connectivity index (χ0v) is 8.06. The monoisotopic (exact) mass is 184 g/mol. The summed E-state index contributed by atoms with van der Waals surface area (Å²) in [6.45, 7) is 4.05. The highest BCUT2D eigenvalue weighted by molar-refractivity contribution is 5.79. The number of carboxylic acid groups (broad SMARTS) is 1. The second-order valence-corrected chi connectivity index (χ2v) is 3.69. The van der Waals surface area contributed by atoms with Gasteiger partial charge in [0.1, 0.15) is 0 Å². The SMILES string of the molecule is C[C@@H]1C[C@H](/C=C/C(=O)O)C[C@H](C)O1. The molecular formula is C10H16O3. The maximum absolute atomic E-state index is 10.3. The summed E-state index contributed by atoms with van der Waals surface area (Å²) in [7, 11) is 0. The Kier molecular flexibility index (Phi) is 3.48. The van der Waals surface area contributed by atoms with E-state index in [9.17, 15) is 4.79 Å². The van der Waals surface area contributed by atoms with Gasteiger partial charge in [-0.3, -0.25) is 0 Å². The van der Waals surface area contributed by atoms with Crippen molar-refractivity contribution in [2.45, 2.75) is 38.9 Å². The third kappa shape index (κ3) is 3.59. The van der Waals surface area contributed by atoms with Crippen LogP contribution in [-0.4, -0.2) is 23.3 Å². The molecule has 3 heteroatoms. The summed E-state index contributed by atoms with van der Waals surface area (Å²) >= 11 is 0. The molecule has 3 atom stereocenters. The van der Waals surface area contributed by atoms with Crippen LogP contribution < -0.4 is 0 Å². The highest BCUT2D eigenvalue weighted by Gasteiger charge is 2.22. The normalized spacial score (nSPS) is 35.1. The quantitative estimate of drug-likeness (QED) is 0.666. The summed E-state index contributed by atoms with van der Waals surface area (Å²) in [6.07, 6.45) is 5.34. The molecule has 1 heterocycles. The molecule has 0 bridgehead atoms. The highest BCUT2D eigenvalue weighted by atomic mass is 16.5. The summed E-state index contributed by atoms with van der Waals surface area (Å²) in [5.74, 6) is -0.512. The lowest BCUT2D eigenvalue weighted by molar-refractivity contribution is -0.131. The molecule has 0 spiro atoms. The van der Waals surface area contributed by atoms with Gasteiger partial charge < -0.3 is 9.84 Å². The van der Waals surface area contributed by atoms with Gasteiger partial charge in [-0.15, -0.1) is 0 Å². The maximum Gasteiger partial charge on any atom is 0.327 e. The van der Waals surface area contributed by atoms with Crippen LogP contribution in [0.3, 0.4) is 0 Å². The van der Waals surface area contributed by atoms with Gasteiger partial charge >= 0.3 is 5.97 Å². The van der Waals surface area contributed by atoms with Crippen LogP contribution in [0, 0.1) is 5.92 Å². The van der Waals surface area contributed by atoms with Gasteiger partial charge in [-0.1, -0.05) is 6.08 Å². The second kappa shape index (κ2) is 4.42. The average Bonchev–Trinajstić information content (AvgIpc) is 1.99. The Hall–Kier alpha value is -0.830. The zero-order chi connectivity index (χ0) is 9.84. The van der Waals surface area contributed by atoms with Crippen LogP contribution in [0.4, 0.5) is 0 Å². The van der Waals surface area contributed by atoms with Gasteiger partial charge in [0.15, 0.2) is 0 Å². The smallest absolute Gasteiger partial charge is 0.327 e. The second-order valence-electron chi connectivity index (χ2n) is 3.69. The molecule has 1 aliphatic heterocycles. The molecule has 1 fully saturated rings. The fourth-order valence-electron chi connectivity index (χ4n) is 1.83. The average molecular weight is 184 g/mol. The van der Waals surface area contributed by atoms with Crippen molar-refractivity contribution >= 4 is 5.97 Å². The molecule has 0 saturated carbocycles. The Balaban J connectivity index is 2.46. The highest BCUT2D eigenvalue weighted by Crippen LogP contribution is 2.25. The summed E-state index contributed by atoms with van der Waals surface area (Å²) < 4.78 is 5.54. The van der Waals surface area contributed by atoms with Gasteiger partial charge in [0, 0.05) is 6.08 Å². The van der Waals surface area contributed by atoms with E-state index >= 15 is 0 Å². The van der Waals surface area contributed by atoms with Gasteiger partial charge in [0.05, 0.1) is 12.2 Å². The van der Waals surface area contributed by atoms with E-state index in [0.29, 0.717) is 5.92 Å². The van der Waals surface area contributed by atoms with E-state index in [1.54, 1.807) is 6.08 Å². The van der Waals surface area contributed by atoms with Gasteiger partial charge in [-0.25, -0.2) is 4.79 Å². The van der Waals surface area contributed by atoms with Crippen molar-refractivity contribution in [3.05, 3.63) is 12.2 Å². The molecule has 0 amide bonds. The first-order chi connectivity index (χ1) is 6.08. The predicted molar refractivity (Wildman–Crippen MR) is 49.5 cm³/mol. The molecule has 0 aromatic carbocycles. The molecule has 0 radical (unpaired) electrons. The molecule has 1 N–H and O–H groups in total. The van der Waals surface area contributed by atoms with Crippen molar-refractivity contribution < 1.29 is 14.6 Å². The lowest BCUT2D eigenvalue weighted by Gasteiger charge is -2.30. The van der Waals surface area contributed by atoms with Crippen molar-refractivity contribution in [2.75, 3.05) is 0 Å². The number of rotatable bonds is 2. The Labute approximate surface area is 78.4 Å². The summed E-state index contributed by atoms with van der Waals surface area (Å²) in [6, 6.07) is 0. The first-order valence-electron chi connectivity index (χ1n) is 4.64. The number of ether oxygens (including phenoxy) is 1. The van der Waals surface area contributed by atoms with Crippen LogP contribution in [0.2, 0.25) is 0 Å². The Morgan fingerprint density at radius 2 is 1.92 bits per heavy atom. The van der Waals surface area contributed by atoms with Gasteiger partial charge in [-0.2, -0.15) is 0 Å². The van der Waals surface area contributed by atoms with E-state index < -0.39 is 5.97 Å². The molecule has 0 aliphatic carbocycles. The summed E-state index contributed by atoms with van der Waals surface area (Å²) in [5.41, 5.74) is 0. The number of hydrogen-bond donors (Lipinski definition) is 1. The molecule has 0 unspecified atom stereocenters. The molecule has 0 aromatic rings. The largest absolute Gasteiger partial charge is 0.478 e. The first-order valence-corrected chi connectivity index (χ1v) is 4.64. The number of allylic oxidation sites excluding steroid dienone is 1. The van der Waals surface area contributed by atoms with Gasteiger partial charge in [0.25, 0.3) is 0 Å². The van der Waals surface area contributed by atoms with Crippen molar-refractivity contribution in [2.24, 2.45) is 5.92 Å². The molecular weight excluding hydrogens is 168 g/mol. The van der Waals surface area contributed by atoms with Crippen LogP contribution in [0.1, 0.15) is 26.7 Å². The molecule has 3 nitrogen and oxygen atoms in total. The number of carbonyl (C=O) groups is 1. The standard InChI is InChI=1S/C10H16O3/c1-7-5-9(3-4-10(11)12)6-8(2)13-7/h3-4,7-9H,5-6H2,1-2H3,(H,11,12)/b4-3+/t7-,8+,9+. The van der Waals surface area contributed by atoms with Crippen LogP contribution >= 0.6 is 0 Å². The predicted octanol–water partition coefficient (Wildman–Crippen LogP) is 1.83. The minimum absolute atomic E-state index is 0.243. The molecule has 0 aromatic heterocycles. The van der Waals surface area contributed by atoms with Crippen molar-refractivity contribution in [3.8, 4) is 0 Å². The van der Waals surface area contributed by atoms with Crippen molar-refractivity contribution in [1.29, 1.82) is 0 Å². The maximum atomic E-state index is 10.3. The van der Waals surface area contributed by atoms with Crippen LogP contribution in [0.5, 0.6) is 0 Å². The zero-order valence-electron chi connectivity index (χ0n) is 8.06. The Bertz CT molecular complexity index is 200. The van der Waals surface area contributed by atoms with E-state index in [4.69, 9.17) is 9.84 Å². The number of carboxylic acids is 1. The van der Waals surface area contributed by atoms with E-state index in [1.165, 1.54) is 6.08 Å². The van der Waals surface area contributed by atoms with E-state index in [-0.39, 0.29) is 12.2 Å². The molecule has 74 valence electrons. The van der Waals surface area contributed by atoms with E-state index in [1.807, 2.05) is 13.8 Å². The third-order valence-corrected chi connectivity index (χ3v) is 2.24. The lowest BCUT2D eigenvalue weighted by atomic mass is 9.92. The Morgan fingerprint density at radius 3 is 2.38 bits per heavy atom. The van der Waals surface area contributed by atoms with E-state index in [2.05, 4.69) is 0 Å². The third-order valence-electron chi connectivity index (χ3n) is 2.24. The van der Waals surface area contributed by atoms with Crippen LogP contribution in [-0.2, 0) is 9.53 Å². The molecule has 1 aliphatic rings. The fraction of sp³-hybridized carbons (Fsp3) is 0.700. The van der Waals surface area contributed by atoms with Gasteiger partial charge in [0.2, 0.25) is 0 Å². The van der Waals surface area contributed by atoms with E-state index in [0.717, 1.165) is 12.8 Å². The topological polar surface area (TPSA) is 46.5 Å². The van der Waals surface area contributed by atoms with Crippen molar-refractivity contribution in [1.82, 2.24) is 0 Å². The minimum Gasteiger partial charge on any atom is -0.478 e. The number of hydrogen-bond acceptors (Lipinski definition) is 2. The van der Waals surface area contributed by atoms with Gasteiger partial charge in [-0.05, 0) is 32.6 Å². The minimum atomic E-state index is -0.869. The van der Waals surface area contributed by atoms with Crippen LogP contribution in [0.15, 0.2) is 12.2 Å². The number of aliphatic carboxylic acids is 1. The molecule has 1 rings (SSSR count).